The van der Waals surface area contributed by atoms with Gasteiger partial charge in [0.25, 0.3) is 0 Å². The van der Waals surface area contributed by atoms with Crippen LogP contribution in [-0.4, -0.2) is 304 Å². The Bertz CT molecular complexity index is 1720. The quantitative estimate of drug-likeness (QED) is 0.0741. The first-order valence-corrected chi connectivity index (χ1v) is 37.7. The number of aliphatic hydroxyl groups excluding tert-OH is 3. The van der Waals surface area contributed by atoms with Crippen LogP contribution in [0.4, 0.5) is 0 Å². The zero-order valence-electron chi connectivity index (χ0n) is 67.5. The summed E-state index contributed by atoms with van der Waals surface area (Å²) in [5.74, 6) is 3.21. The molecule has 8 rings (SSSR count). The standard InChI is InChI=1S/3C10H21NO2.2C10H21NO.2C9H19NO.C9H18O/c3*1-10(2,3)13-8-9(12)7-11-5-4-6-11;1-10(2,3)12-9-5-8-11-6-4-7-11;1-5-11-6-9(7-11)8-12-10(2,3)4;2*1-9(2,3)11-7-8-5-10(4)6-8;1-9(2,3)10-7-8-5-4-6-8/h3*9,12H,4-8H2,1-3H3;4-9H2,1-3H3;9H,5-8H2,1-4H3;2*8H,5-7H2,1-4H3;8H,4-7H2,1-3H3/t2*9-;;;;;;/m10....../s1. The number of β-amino-alcohol motifs (C(OH)–C–C–N with tert-alkyl or cyclic N) is 3. The molecule has 95 heavy (non-hydrogen) atoms. The zero-order chi connectivity index (χ0) is 72.5. The predicted octanol–water partition coefficient (Wildman–Crippen LogP) is 11.6. The maximum absolute atomic E-state index is 9.58. The first-order valence-electron chi connectivity index (χ1n) is 37.7. The first-order chi connectivity index (χ1) is 43.5. The minimum atomic E-state index is -0.334. The number of hydrogen-bond acceptors (Lipinski definition) is 18. The number of aliphatic hydroxyl groups is 3. The van der Waals surface area contributed by atoms with Gasteiger partial charge in [0.05, 0.1) is 109 Å². The normalized spacial score (nSPS) is 21.0. The Balaban J connectivity index is 0.000000544. The zero-order valence-corrected chi connectivity index (χ0v) is 67.5. The van der Waals surface area contributed by atoms with E-state index in [9.17, 15) is 15.3 Å². The highest BCUT2D eigenvalue weighted by Gasteiger charge is 2.29. The molecule has 18 nitrogen and oxygen atoms in total. The minimum absolute atomic E-state index is 0.0344. The molecule has 0 aromatic rings. The molecular formula is C77H161N7O11. The lowest BCUT2D eigenvalue weighted by molar-refractivity contribution is -0.0600. The number of rotatable bonds is 25. The molecule has 0 bridgehead atoms. The highest BCUT2D eigenvalue weighted by atomic mass is 16.5. The van der Waals surface area contributed by atoms with Crippen LogP contribution in [0.2, 0.25) is 0 Å². The van der Waals surface area contributed by atoms with E-state index in [1.165, 1.54) is 117 Å². The fourth-order valence-electron chi connectivity index (χ4n) is 10.1. The van der Waals surface area contributed by atoms with Crippen molar-refractivity contribution in [1.29, 1.82) is 0 Å². The fraction of sp³-hybridized carbons (Fsp3) is 1.00. The van der Waals surface area contributed by atoms with Crippen molar-refractivity contribution in [1.82, 2.24) is 34.3 Å². The lowest BCUT2D eigenvalue weighted by Gasteiger charge is -2.39. The topological polar surface area (TPSA) is 157 Å². The monoisotopic (exact) mass is 1360 g/mol. The molecule has 8 fully saturated rings. The maximum Gasteiger partial charge on any atom is 0.0900 e. The molecule has 0 aromatic carbocycles. The summed E-state index contributed by atoms with van der Waals surface area (Å²) in [7, 11) is 4.29. The van der Waals surface area contributed by atoms with E-state index in [2.05, 4.69) is 159 Å². The van der Waals surface area contributed by atoms with Crippen LogP contribution in [0.5, 0.6) is 0 Å². The van der Waals surface area contributed by atoms with Crippen LogP contribution in [0.3, 0.4) is 0 Å². The Hall–Kier alpha value is -0.720. The predicted molar refractivity (Wildman–Crippen MR) is 397 cm³/mol. The van der Waals surface area contributed by atoms with Gasteiger partial charge in [-0.1, -0.05) is 13.3 Å². The van der Waals surface area contributed by atoms with Gasteiger partial charge in [0.2, 0.25) is 0 Å². The van der Waals surface area contributed by atoms with Crippen molar-refractivity contribution in [2.75, 3.05) is 191 Å². The molecule has 7 aliphatic heterocycles. The van der Waals surface area contributed by atoms with E-state index >= 15 is 0 Å². The molecule has 0 spiro atoms. The van der Waals surface area contributed by atoms with E-state index in [-0.39, 0.29) is 63.1 Å². The van der Waals surface area contributed by atoms with Gasteiger partial charge < -0.3 is 87.5 Å². The Labute approximate surface area is 587 Å². The summed E-state index contributed by atoms with van der Waals surface area (Å²) in [6.07, 6.45) is 9.56. The minimum Gasteiger partial charge on any atom is -0.389 e. The van der Waals surface area contributed by atoms with Gasteiger partial charge in [0, 0.05) is 89.8 Å². The van der Waals surface area contributed by atoms with E-state index in [1.54, 1.807) is 0 Å². The third-order valence-corrected chi connectivity index (χ3v) is 16.5. The van der Waals surface area contributed by atoms with Crippen molar-refractivity contribution in [3.05, 3.63) is 0 Å². The number of hydrogen-bond donors (Lipinski definition) is 3. The summed E-state index contributed by atoms with van der Waals surface area (Å²) in [6.45, 7) is 79.2. The molecule has 0 radical (unpaired) electrons. The average molecular weight is 1360 g/mol. The van der Waals surface area contributed by atoms with Gasteiger partial charge in [0.1, 0.15) is 0 Å². The van der Waals surface area contributed by atoms with E-state index in [0.717, 1.165) is 116 Å². The second kappa shape index (κ2) is 45.4. The van der Waals surface area contributed by atoms with Crippen LogP contribution in [-0.2, 0) is 37.9 Å². The summed E-state index contributed by atoms with van der Waals surface area (Å²) >= 11 is 0. The summed E-state index contributed by atoms with van der Waals surface area (Å²) in [5.41, 5.74) is -0.221. The highest BCUT2D eigenvalue weighted by molar-refractivity contribution is 4.82. The van der Waals surface area contributed by atoms with Crippen molar-refractivity contribution in [3.63, 3.8) is 0 Å². The van der Waals surface area contributed by atoms with Crippen molar-refractivity contribution >= 4 is 0 Å². The molecule has 8 aliphatic rings. The van der Waals surface area contributed by atoms with Crippen molar-refractivity contribution in [2.45, 2.75) is 288 Å². The highest BCUT2D eigenvalue weighted by Crippen LogP contribution is 2.28. The Morgan fingerprint density at radius 1 is 0.316 bits per heavy atom. The van der Waals surface area contributed by atoms with Gasteiger partial charge in [-0.05, 0) is 290 Å². The second-order valence-corrected chi connectivity index (χ2v) is 36.6. The summed E-state index contributed by atoms with van der Waals surface area (Å²) in [4.78, 5) is 16.3. The van der Waals surface area contributed by atoms with Gasteiger partial charge in [0.15, 0.2) is 0 Å². The molecule has 1 unspecified atom stereocenters. The van der Waals surface area contributed by atoms with Gasteiger partial charge in [-0.15, -0.1) is 0 Å². The molecular weight excluding hydrogens is 1200 g/mol. The first kappa shape index (κ1) is 92.3. The smallest absolute Gasteiger partial charge is 0.0900 e. The van der Waals surface area contributed by atoms with Crippen LogP contribution in [0.1, 0.15) is 224 Å². The molecule has 18 heteroatoms. The maximum atomic E-state index is 9.58. The molecule has 3 atom stereocenters. The van der Waals surface area contributed by atoms with Gasteiger partial charge in [-0.3, -0.25) is 0 Å². The van der Waals surface area contributed by atoms with Crippen molar-refractivity contribution < 1.29 is 53.2 Å². The van der Waals surface area contributed by atoms with Crippen LogP contribution >= 0.6 is 0 Å². The lowest BCUT2D eigenvalue weighted by atomic mass is 9.86. The van der Waals surface area contributed by atoms with E-state index < -0.39 is 0 Å². The van der Waals surface area contributed by atoms with Gasteiger partial charge >= 0.3 is 0 Å². The number of nitrogens with zero attached hydrogens (tertiary/aromatic N) is 7. The molecule has 7 saturated heterocycles. The molecule has 1 aliphatic carbocycles. The summed E-state index contributed by atoms with van der Waals surface area (Å²) in [6, 6.07) is 0. The van der Waals surface area contributed by atoms with Crippen LogP contribution < -0.4 is 0 Å². The fourth-order valence-corrected chi connectivity index (χ4v) is 10.1. The van der Waals surface area contributed by atoms with E-state index in [1.807, 2.05) is 62.3 Å². The Kier molecular flexibility index (Phi) is 44.1. The Morgan fingerprint density at radius 2 is 0.568 bits per heavy atom. The lowest BCUT2D eigenvalue weighted by Crippen LogP contribution is -2.49. The molecule has 0 aromatic heterocycles. The second-order valence-electron chi connectivity index (χ2n) is 36.6. The molecule has 1 saturated carbocycles. The van der Waals surface area contributed by atoms with E-state index in [0.29, 0.717) is 19.8 Å². The SMILES string of the molecule is CC(C)(C)OCC(O)CN1CCC1.CC(C)(C)OCC1CCC1.CC(C)(C)OCCCN1CCC1.CC(C)(C)OC[C@@H](O)CN1CCC1.CC(C)(C)OC[C@H](O)CN1CCC1.CCN1CC(COC(C)(C)C)C1.CN1CC(COC(C)(C)C)C1.CN1CC(COC(C)(C)C)C1. The van der Waals surface area contributed by atoms with E-state index in [4.69, 9.17) is 37.9 Å². The van der Waals surface area contributed by atoms with Gasteiger partial charge in [-0.2, -0.15) is 0 Å². The third kappa shape index (κ3) is 56.5. The number of likely N-dealkylation sites (tertiary alicyclic amines) is 7. The molecule has 7 heterocycles. The molecule has 0 amide bonds. The summed E-state index contributed by atoms with van der Waals surface area (Å²) in [5, 5.41) is 28.7. The van der Waals surface area contributed by atoms with Crippen LogP contribution in [0.25, 0.3) is 0 Å². The van der Waals surface area contributed by atoms with Crippen molar-refractivity contribution in [3.8, 4) is 0 Å². The molecule has 570 valence electrons. The third-order valence-electron chi connectivity index (χ3n) is 16.5. The molecule has 3 N–H and O–H groups in total. The largest absolute Gasteiger partial charge is 0.389 e. The average Bonchev–Trinajstić information content (AvgIpc) is 1.01. The van der Waals surface area contributed by atoms with Crippen LogP contribution in [0.15, 0.2) is 0 Å². The van der Waals surface area contributed by atoms with Crippen molar-refractivity contribution in [2.24, 2.45) is 23.7 Å². The van der Waals surface area contributed by atoms with Gasteiger partial charge in [-0.25, -0.2) is 0 Å². The Morgan fingerprint density at radius 3 is 0.768 bits per heavy atom. The number of ether oxygens (including phenoxy) is 8. The van der Waals surface area contributed by atoms with Crippen LogP contribution in [0, 0.1) is 23.7 Å². The summed E-state index contributed by atoms with van der Waals surface area (Å²) < 4.78 is 44.7.